The van der Waals surface area contributed by atoms with Crippen molar-refractivity contribution in [2.45, 2.75) is 32.6 Å². The SMILES string of the molecule is CCOC(=O)C1CC(c2ccc(CC)cc2)CN(C(=O)Oc2ccc([N+](=O)[O-])cc2)C1. The van der Waals surface area contributed by atoms with Gasteiger partial charge in [-0.3, -0.25) is 14.9 Å². The number of hydrogen-bond donors (Lipinski definition) is 0. The molecule has 8 nitrogen and oxygen atoms in total. The van der Waals surface area contributed by atoms with Gasteiger partial charge in [0.15, 0.2) is 0 Å². The fourth-order valence-corrected chi connectivity index (χ4v) is 3.75. The van der Waals surface area contributed by atoms with E-state index in [1.165, 1.54) is 34.7 Å². The summed E-state index contributed by atoms with van der Waals surface area (Å²) in [5.74, 6) is -0.601. The van der Waals surface area contributed by atoms with Gasteiger partial charge in [-0.25, -0.2) is 4.79 Å². The van der Waals surface area contributed by atoms with Crippen molar-refractivity contribution in [3.8, 4) is 5.75 Å². The zero-order valence-electron chi connectivity index (χ0n) is 17.7. The van der Waals surface area contributed by atoms with Crippen LogP contribution in [0.5, 0.6) is 5.75 Å². The van der Waals surface area contributed by atoms with Gasteiger partial charge in [-0.15, -0.1) is 0 Å². The van der Waals surface area contributed by atoms with Gasteiger partial charge in [0, 0.05) is 31.1 Å². The number of ether oxygens (including phenoxy) is 2. The highest BCUT2D eigenvalue weighted by atomic mass is 16.6. The van der Waals surface area contributed by atoms with Crippen LogP contribution in [-0.4, -0.2) is 41.6 Å². The normalized spacial score (nSPS) is 18.3. The lowest BCUT2D eigenvalue weighted by Gasteiger charge is -2.36. The summed E-state index contributed by atoms with van der Waals surface area (Å²) < 4.78 is 10.6. The van der Waals surface area contributed by atoms with Crippen LogP contribution in [0.3, 0.4) is 0 Å². The second-order valence-electron chi connectivity index (χ2n) is 7.50. The molecular weight excluding hydrogens is 400 g/mol. The highest BCUT2D eigenvalue weighted by Crippen LogP contribution is 2.32. The van der Waals surface area contributed by atoms with Crippen LogP contribution in [0.15, 0.2) is 48.5 Å². The van der Waals surface area contributed by atoms with E-state index in [9.17, 15) is 19.7 Å². The predicted molar refractivity (Wildman–Crippen MR) is 114 cm³/mol. The molecule has 2 aromatic carbocycles. The molecule has 2 aromatic rings. The van der Waals surface area contributed by atoms with E-state index in [1.54, 1.807) is 6.92 Å². The fourth-order valence-electron chi connectivity index (χ4n) is 3.75. The summed E-state index contributed by atoms with van der Waals surface area (Å²) in [5, 5.41) is 10.8. The van der Waals surface area contributed by atoms with Gasteiger partial charge in [-0.2, -0.15) is 0 Å². The summed E-state index contributed by atoms with van der Waals surface area (Å²) in [6.45, 7) is 4.73. The van der Waals surface area contributed by atoms with E-state index in [0.29, 0.717) is 13.0 Å². The van der Waals surface area contributed by atoms with Crippen molar-refractivity contribution in [3.63, 3.8) is 0 Å². The molecule has 1 heterocycles. The van der Waals surface area contributed by atoms with Gasteiger partial charge in [0.25, 0.3) is 5.69 Å². The lowest BCUT2D eigenvalue weighted by Crippen LogP contribution is -2.47. The van der Waals surface area contributed by atoms with Crippen molar-refractivity contribution in [1.29, 1.82) is 0 Å². The van der Waals surface area contributed by atoms with Crippen molar-refractivity contribution < 1.29 is 24.0 Å². The highest BCUT2D eigenvalue weighted by Gasteiger charge is 2.36. The van der Waals surface area contributed by atoms with E-state index in [1.807, 2.05) is 12.1 Å². The average molecular weight is 426 g/mol. The standard InChI is InChI=1S/C23H26N2O6/c1-3-16-5-7-17(8-6-16)18-13-19(22(26)30-4-2)15-24(14-18)23(27)31-21-11-9-20(10-12-21)25(28)29/h5-12,18-19H,3-4,13-15H2,1-2H3. The van der Waals surface area contributed by atoms with Crippen molar-refractivity contribution in [2.24, 2.45) is 5.92 Å². The molecule has 164 valence electrons. The van der Waals surface area contributed by atoms with Gasteiger partial charge in [-0.1, -0.05) is 31.2 Å². The molecule has 0 aromatic heterocycles. The number of nitrogens with zero attached hydrogens (tertiary/aromatic N) is 2. The Bertz CT molecular complexity index is 926. The molecule has 1 aliphatic heterocycles. The Morgan fingerprint density at radius 3 is 2.32 bits per heavy atom. The summed E-state index contributed by atoms with van der Waals surface area (Å²) in [5.41, 5.74) is 2.19. The van der Waals surface area contributed by atoms with E-state index >= 15 is 0 Å². The Morgan fingerprint density at radius 2 is 1.74 bits per heavy atom. The fraction of sp³-hybridized carbons (Fsp3) is 0.391. The maximum atomic E-state index is 12.8. The zero-order valence-corrected chi connectivity index (χ0v) is 17.7. The second-order valence-corrected chi connectivity index (χ2v) is 7.50. The van der Waals surface area contributed by atoms with Gasteiger partial charge in [0.2, 0.25) is 0 Å². The molecule has 1 aliphatic rings. The molecule has 0 saturated carbocycles. The third-order valence-corrected chi connectivity index (χ3v) is 5.44. The van der Waals surface area contributed by atoms with Crippen LogP contribution in [0.1, 0.15) is 37.3 Å². The molecule has 31 heavy (non-hydrogen) atoms. The predicted octanol–water partition coefficient (Wildman–Crippen LogP) is 4.32. The molecule has 0 spiro atoms. The number of amides is 1. The van der Waals surface area contributed by atoms with Crippen molar-refractivity contribution in [1.82, 2.24) is 4.90 Å². The molecule has 8 heteroatoms. The molecule has 1 saturated heterocycles. The van der Waals surface area contributed by atoms with E-state index in [0.717, 1.165) is 12.0 Å². The van der Waals surface area contributed by atoms with Crippen LogP contribution < -0.4 is 4.74 Å². The summed E-state index contributed by atoms with van der Waals surface area (Å²) >= 11 is 0. The monoisotopic (exact) mass is 426 g/mol. The van der Waals surface area contributed by atoms with Crippen molar-refractivity contribution in [2.75, 3.05) is 19.7 Å². The van der Waals surface area contributed by atoms with Crippen molar-refractivity contribution in [3.05, 3.63) is 69.8 Å². The number of benzene rings is 2. The molecule has 2 unspecified atom stereocenters. The molecule has 1 fully saturated rings. The van der Waals surface area contributed by atoms with Gasteiger partial charge in [0.1, 0.15) is 5.75 Å². The minimum Gasteiger partial charge on any atom is -0.466 e. The van der Waals surface area contributed by atoms with Gasteiger partial charge in [0.05, 0.1) is 17.4 Å². The first-order valence-corrected chi connectivity index (χ1v) is 10.4. The van der Waals surface area contributed by atoms with Crippen molar-refractivity contribution >= 4 is 17.7 Å². The maximum Gasteiger partial charge on any atom is 0.415 e. The lowest BCUT2D eigenvalue weighted by atomic mass is 9.84. The number of nitro groups is 1. The number of likely N-dealkylation sites (tertiary alicyclic amines) is 1. The van der Waals surface area contributed by atoms with E-state index in [4.69, 9.17) is 9.47 Å². The van der Waals surface area contributed by atoms with Crippen LogP contribution in [0, 0.1) is 16.0 Å². The molecule has 2 atom stereocenters. The third kappa shape index (κ3) is 5.59. The van der Waals surface area contributed by atoms with Gasteiger partial charge < -0.3 is 14.4 Å². The number of rotatable bonds is 6. The zero-order chi connectivity index (χ0) is 22.4. The number of piperidine rings is 1. The molecule has 0 radical (unpaired) electrons. The second kappa shape index (κ2) is 10.1. The number of non-ortho nitro benzene ring substituents is 1. The minimum atomic E-state index is -0.599. The molecule has 1 amide bonds. The number of esters is 1. The first-order valence-electron chi connectivity index (χ1n) is 10.4. The first kappa shape index (κ1) is 22.3. The van der Waals surface area contributed by atoms with Crippen LogP contribution in [0.25, 0.3) is 0 Å². The number of carbonyl (C=O) groups is 2. The highest BCUT2D eigenvalue weighted by molar-refractivity contribution is 5.76. The van der Waals surface area contributed by atoms with Crippen LogP contribution in [0.2, 0.25) is 0 Å². The Labute approximate surface area is 180 Å². The maximum absolute atomic E-state index is 12.8. The molecule has 0 N–H and O–H groups in total. The van der Waals surface area contributed by atoms with Crippen LogP contribution in [0.4, 0.5) is 10.5 Å². The van der Waals surface area contributed by atoms with E-state index in [-0.39, 0.29) is 36.5 Å². The first-order chi connectivity index (χ1) is 14.9. The van der Waals surface area contributed by atoms with Gasteiger partial charge in [-0.05, 0) is 43.0 Å². The lowest BCUT2D eigenvalue weighted by molar-refractivity contribution is -0.384. The molecular formula is C23H26N2O6. The summed E-state index contributed by atoms with van der Waals surface area (Å²) in [6, 6.07) is 13.5. The Kier molecular flexibility index (Phi) is 7.23. The van der Waals surface area contributed by atoms with E-state index < -0.39 is 16.9 Å². The minimum absolute atomic E-state index is 0.0292. The third-order valence-electron chi connectivity index (χ3n) is 5.44. The number of aryl methyl sites for hydroxylation is 1. The Balaban J connectivity index is 1.76. The average Bonchev–Trinajstić information content (AvgIpc) is 2.79. The molecule has 3 rings (SSSR count). The quantitative estimate of drug-likeness (QED) is 0.387. The number of hydrogen-bond acceptors (Lipinski definition) is 6. The van der Waals surface area contributed by atoms with E-state index in [2.05, 4.69) is 19.1 Å². The Morgan fingerprint density at radius 1 is 1.06 bits per heavy atom. The summed E-state index contributed by atoms with van der Waals surface area (Å²) in [7, 11) is 0. The molecule has 0 bridgehead atoms. The smallest absolute Gasteiger partial charge is 0.415 e. The summed E-state index contributed by atoms with van der Waals surface area (Å²) in [6.07, 6.45) is 0.924. The van der Waals surface area contributed by atoms with Crippen LogP contribution in [-0.2, 0) is 16.0 Å². The topological polar surface area (TPSA) is 99.0 Å². The number of nitro benzene ring substituents is 1. The molecule has 0 aliphatic carbocycles. The van der Waals surface area contributed by atoms with Gasteiger partial charge >= 0.3 is 12.1 Å². The Hall–Kier alpha value is -3.42. The summed E-state index contributed by atoms with van der Waals surface area (Å²) in [4.78, 5) is 37.0. The largest absolute Gasteiger partial charge is 0.466 e. The number of carbonyl (C=O) groups excluding carboxylic acids is 2. The van der Waals surface area contributed by atoms with Crippen LogP contribution >= 0.6 is 0 Å².